The lowest BCUT2D eigenvalue weighted by Gasteiger charge is -2.01. The number of nitrogens with zero attached hydrogens (tertiary/aromatic N) is 2. The number of rotatable bonds is 2. The molecular formula is C25H40F4N4. The highest BCUT2D eigenvalue weighted by atomic mass is 19.3. The summed E-state index contributed by atoms with van der Waals surface area (Å²) in [4.78, 5) is 7.06. The van der Waals surface area contributed by atoms with Crippen LogP contribution in [0.3, 0.4) is 0 Å². The number of nitrogens with two attached hydrogens (primary N) is 2. The number of halogens is 4. The van der Waals surface area contributed by atoms with Gasteiger partial charge in [0, 0.05) is 26.0 Å². The minimum atomic E-state index is -2.73. The van der Waals surface area contributed by atoms with E-state index >= 15 is 0 Å². The second kappa shape index (κ2) is 27.0. The number of allylic oxidation sites excluding steroid dienone is 2. The van der Waals surface area contributed by atoms with Crippen molar-refractivity contribution in [1.82, 2.24) is 0 Å². The number of alkyl halides is 3. The Hall–Kier alpha value is -3.00. The standard InChI is InChI=1S/C8H7F3.C7H9N.C6H11N.C2H5N.CH3F.CH5N/c1-5-2-3-7(9)6(4-5)8(10)11;1-6-4-2-3-5-7(6)8;1-4-6(2)5-7-3;1-3-2;2*1-2/h2-4,8H,1H3;2-5H,8H2,1H3;4-5H,1-3H3;1H2,2H3;1H3;2H2,1H3/b;;6-4-,7-5?;;;. The van der Waals surface area contributed by atoms with Gasteiger partial charge in [-0.1, -0.05) is 35.9 Å². The minimum absolute atomic E-state index is 0.500. The van der Waals surface area contributed by atoms with E-state index in [2.05, 4.69) is 22.4 Å². The summed E-state index contributed by atoms with van der Waals surface area (Å²) in [6.07, 6.45) is 1.13. The SMILES string of the molecule is C/C=C(/C)C=NC.C=NC.CF.CN.Cc1ccc(F)c(C(F)F)c1.Cc1ccccc1N. The minimum Gasteiger partial charge on any atom is -0.399 e. The van der Waals surface area contributed by atoms with E-state index in [-0.39, 0.29) is 0 Å². The van der Waals surface area contributed by atoms with Gasteiger partial charge in [-0.05, 0) is 70.8 Å². The molecule has 8 heteroatoms. The molecule has 4 N–H and O–H groups in total. The number of aryl methyl sites for hydroxylation is 2. The summed E-state index contributed by atoms with van der Waals surface area (Å²) in [5, 5.41) is 0. The predicted molar refractivity (Wildman–Crippen MR) is 138 cm³/mol. The summed E-state index contributed by atoms with van der Waals surface area (Å²) in [5.74, 6) is -0.842. The fraction of sp³-hybridized carbons (Fsp3) is 0.360. The van der Waals surface area contributed by atoms with Gasteiger partial charge < -0.3 is 16.5 Å². The smallest absolute Gasteiger partial charge is 0.266 e. The summed E-state index contributed by atoms with van der Waals surface area (Å²) in [6.45, 7) is 10.8. The highest BCUT2D eigenvalue weighted by Crippen LogP contribution is 2.22. The second-order valence-corrected chi connectivity index (χ2v) is 5.92. The van der Waals surface area contributed by atoms with Gasteiger partial charge in [0.25, 0.3) is 6.43 Å². The van der Waals surface area contributed by atoms with Gasteiger partial charge in [0.15, 0.2) is 0 Å². The Morgan fingerprint density at radius 3 is 1.79 bits per heavy atom. The van der Waals surface area contributed by atoms with Crippen LogP contribution in [-0.4, -0.2) is 41.3 Å². The quantitative estimate of drug-likeness (QED) is 0.287. The van der Waals surface area contributed by atoms with E-state index in [1.807, 2.05) is 57.3 Å². The first-order valence-corrected chi connectivity index (χ1v) is 9.85. The van der Waals surface area contributed by atoms with E-state index in [0.29, 0.717) is 12.7 Å². The lowest BCUT2D eigenvalue weighted by atomic mass is 10.1. The number of nitrogen functional groups attached to an aromatic ring is 1. The van der Waals surface area contributed by atoms with Crippen LogP contribution in [0.4, 0.5) is 23.2 Å². The van der Waals surface area contributed by atoms with Gasteiger partial charge in [-0.25, -0.2) is 13.2 Å². The van der Waals surface area contributed by atoms with Crippen molar-refractivity contribution in [3.63, 3.8) is 0 Å². The Labute approximate surface area is 197 Å². The maximum Gasteiger partial charge on any atom is 0.266 e. The van der Waals surface area contributed by atoms with E-state index in [9.17, 15) is 17.6 Å². The molecule has 0 spiro atoms. The molecule has 0 bridgehead atoms. The molecular weight excluding hydrogens is 432 g/mol. The molecule has 2 aromatic rings. The van der Waals surface area contributed by atoms with Gasteiger partial charge in [0.05, 0.1) is 12.7 Å². The van der Waals surface area contributed by atoms with E-state index in [0.717, 1.165) is 23.4 Å². The van der Waals surface area contributed by atoms with Crippen molar-refractivity contribution < 1.29 is 17.6 Å². The molecule has 33 heavy (non-hydrogen) atoms. The zero-order chi connectivity index (χ0) is 26.8. The maximum absolute atomic E-state index is 12.5. The normalized spacial score (nSPS) is 9.33. The molecule has 188 valence electrons. The average molecular weight is 473 g/mol. The molecule has 0 aliphatic heterocycles. The second-order valence-electron chi connectivity index (χ2n) is 5.92. The molecule has 0 aliphatic rings. The van der Waals surface area contributed by atoms with Crippen molar-refractivity contribution in [3.8, 4) is 0 Å². The first kappa shape index (κ1) is 37.3. The number of anilines is 1. The molecule has 0 saturated carbocycles. The van der Waals surface area contributed by atoms with Gasteiger partial charge in [0.1, 0.15) is 5.82 Å². The van der Waals surface area contributed by atoms with Gasteiger partial charge >= 0.3 is 0 Å². The highest BCUT2D eigenvalue weighted by molar-refractivity contribution is 5.77. The number of para-hydroxylation sites is 1. The third-order valence-electron chi connectivity index (χ3n) is 3.36. The molecule has 2 aromatic carbocycles. The first-order chi connectivity index (χ1) is 15.6. The van der Waals surface area contributed by atoms with Crippen LogP contribution in [0, 0.1) is 19.7 Å². The maximum atomic E-state index is 12.5. The molecule has 0 aromatic heterocycles. The molecule has 0 aliphatic carbocycles. The molecule has 0 radical (unpaired) electrons. The third kappa shape index (κ3) is 23.5. The van der Waals surface area contributed by atoms with Crippen molar-refractivity contribution in [2.45, 2.75) is 34.1 Å². The van der Waals surface area contributed by atoms with Crippen LogP contribution in [0.5, 0.6) is 0 Å². The molecule has 2 rings (SSSR count). The summed E-state index contributed by atoms with van der Waals surface area (Å²) < 4.78 is 46.0. The average Bonchev–Trinajstić information content (AvgIpc) is 2.81. The van der Waals surface area contributed by atoms with Crippen LogP contribution in [0.1, 0.15) is 37.0 Å². The van der Waals surface area contributed by atoms with Crippen LogP contribution in [-0.2, 0) is 0 Å². The molecule has 0 unspecified atom stereocenters. The van der Waals surface area contributed by atoms with Crippen LogP contribution < -0.4 is 11.5 Å². The van der Waals surface area contributed by atoms with Crippen LogP contribution in [0.2, 0.25) is 0 Å². The predicted octanol–water partition coefficient (Wildman–Crippen LogP) is 6.78. The van der Waals surface area contributed by atoms with Crippen molar-refractivity contribution in [1.29, 1.82) is 0 Å². The Kier molecular flexibility index (Phi) is 30.6. The van der Waals surface area contributed by atoms with Crippen molar-refractivity contribution >= 4 is 18.6 Å². The lowest BCUT2D eigenvalue weighted by Crippen LogP contribution is -1.90. The monoisotopic (exact) mass is 472 g/mol. The lowest BCUT2D eigenvalue weighted by molar-refractivity contribution is 0.146. The van der Waals surface area contributed by atoms with E-state index in [4.69, 9.17) is 5.73 Å². The summed E-state index contributed by atoms with van der Waals surface area (Å²) in [5.41, 5.74) is 13.4. The van der Waals surface area contributed by atoms with Gasteiger partial charge in [-0.3, -0.25) is 9.38 Å². The zero-order valence-electron chi connectivity index (χ0n) is 21.0. The summed E-state index contributed by atoms with van der Waals surface area (Å²) in [7, 11) is 5.41. The van der Waals surface area contributed by atoms with Crippen molar-refractivity contribution in [3.05, 3.63) is 76.6 Å². The van der Waals surface area contributed by atoms with E-state index in [1.165, 1.54) is 18.7 Å². The Morgan fingerprint density at radius 2 is 1.52 bits per heavy atom. The van der Waals surface area contributed by atoms with Crippen LogP contribution in [0.15, 0.2) is 64.1 Å². The third-order valence-corrected chi connectivity index (χ3v) is 3.36. The number of benzene rings is 2. The van der Waals surface area contributed by atoms with Crippen LogP contribution >= 0.6 is 0 Å². The van der Waals surface area contributed by atoms with Gasteiger partial charge in [-0.15, -0.1) is 0 Å². The number of aliphatic imine (C=N–C) groups is 2. The van der Waals surface area contributed by atoms with Crippen molar-refractivity contribution in [2.24, 2.45) is 15.7 Å². The summed E-state index contributed by atoms with van der Waals surface area (Å²) in [6, 6.07) is 11.5. The number of hydrogen-bond donors (Lipinski definition) is 2. The Balaban J connectivity index is -0.000000171. The number of hydrogen-bond acceptors (Lipinski definition) is 4. The fourth-order valence-corrected chi connectivity index (χ4v) is 1.70. The summed E-state index contributed by atoms with van der Waals surface area (Å²) >= 11 is 0. The van der Waals surface area contributed by atoms with Crippen molar-refractivity contribution in [2.75, 3.05) is 34.1 Å². The Bertz CT molecular complexity index is 756. The molecule has 0 fully saturated rings. The molecule has 4 nitrogen and oxygen atoms in total. The highest BCUT2D eigenvalue weighted by Gasteiger charge is 2.12. The molecule has 0 heterocycles. The molecule has 0 saturated heterocycles. The van der Waals surface area contributed by atoms with Gasteiger partial charge in [0.2, 0.25) is 0 Å². The van der Waals surface area contributed by atoms with E-state index in [1.54, 1.807) is 21.0 Å². The molecule has 0 amide bonds. The fourth-order valence-electron chi connectivity index (χ4n) is 1.70. The zero-order valence-corrected chi connectivity index (χ0v) is 21.0. The van der Waals surface area contributed by atoms with Crippen LogP contribution in [0.25, 0.3) is 0 Å². The van der Waals surface area contributed by atoms with Gasteiger partial charge in [-0.2, -0.15) is 0 Å². The Morgan fingerprint density at radius 1 is 1.03 bits per heavy atom. The van der Waals surface area contributed by atoms with E-state index < -0.39 is 17.8 Å². The topological polar surface area (TPSA) is 76.8 Å². The first-order valence-electron chi connectivity index (χ1n) is 9.85. The largest absolute Gasteiger partial charge is 0.399 e. The molecule has 0 atom stereocenters.